The largest absolute Gasteiger partial charge is 0.324 e. The van der Waals surface area contributed by atoms with Gasteiger partial charge >= 0.3 is 0 Å². The smallest absolute Gasteiger partial charge is 0.261 e. The van der Waals surface area contributed by atoms with E-state index in [0.29, 0.717) is 6.04 Å². The first-order valence-corrected chi connectivity index (χ1v) is 8.92. The second-order valence-corrected chi connectivity index (χ2v) is 9.52. The Morgan fingerprint density at radius 2 is 1.79 bits per heavy atom. The molecule has 0 aromatic heterocycles. The maximum Gasteiger partial charge on any atom is 0.261 e. The maximum absolute atomic E-state index is 5.24. The Morgan fingerprint density at radius 1 is 1.21 bits per heavy atom. The standard InChI is InChI=1S/C8H18NO2PS2/c1-10-12(13,11-2)14-9-8-6-4-3-5-7-8/h8-9H,3-7H2,1-2H3. The summed E-state index contributed by atoms with van der Waals surface area (Å²) in [6.07, 6.45) is 6.50. The highest BCUT2D eigenvalue weighted by molar-refractivity contribution is 8.67. The van der Waals surface area contributed by atoms with Crippen LogP contribution in [0.25, 0.3) is 0 Å². The van der Waals surface area contributed by atoms with Crippen LogP contribution in [0, 0.1) is 0 Å². The molecule has 0 unspecified atom stereocenters. The Kier molecular flexibility index (Phi) is 5.97. The quantitative estimate of drug-likeness (QED) is 0.602. The molecule has 0 amide bonds. The van der Waals surface area contributed by atoms with Crippen LogP contribution >= 0.6 is 17.3 Å². The molecule has 6 heteroatoms. The van der Waals surface area contributed by atoms with Gasteiger partial charge in [0.15, 0.2) is 0 Å². The van der Waals surface area contributed by atoms with Gasteiger partial charge in [-0.2, -0.15) is 0 Å². The zero-order chi connectivity index (χ0) is 10.4. The highest BCUT2D eigenvalue weighted by Gasteiger charge is 2.20. The third-order valence-corrected chi connectivity index (χ3v) is 7.39. The van der Waals surface area contributed by atoms with E-state index in [-0.39, 0.29) is 0 Å². The van der Waals surface area contributed by atoms with Crippen molar-refractivity contribution in [3.8, 4) is 0 Å². The predicted molar refractivity (Wildman–Crippen MR) is 65.9 cm³/mol. The van der Waals surface area contributed by atoms with Crippen molar-refractivity contribution in [1.29, 1.82) is 0 Å². The first kappa shape index (κ1) is 12.9. The first-order valence-electron chi connectivity index (χ1n) is 4.86. The maximum atomic E-state index is 5.24. The van der Waals surface area contributed by atoms with Crippen molar-refractivity contribution in [3.05, 3.63) is 0 Å². The summed E-state index contributed by atoms with van der Waals surface area (Å²) in [7, 11) is 3.22. The molecule has 0 aliphatic heterocycles. The fourth-order valence-corrected chi connectivity index (χ4v) is 3.99. The van der Waals surface area contributed by atoms with Crippen molar-refractivity contribution in [2.75, 3.05) is 14.2 Å². The number of nitrogens with one attached hydrogen (secondary N) is 1. The Hall–Kier alpha value is 0.880. The van der Waals surface area contributed by atoms with E-state index in [4.69, 9.17) is 20.9 Å². The van der Waals surface area contributed by atoms with Crippen LogP contribution in [0.5, 0.6) is 0 Å². The Morgan fingerprint density at radius 3 is 2.29 bits per heavy atom. The normalized spacial score (nSPS) is 19.9. The zero-order valence-corrected chi connectivity index (χ0v) is 11.2. The summed E-state index contributed by atoms with van der Waals surface area (Å²) in [5, 5.41) is 0. The van der Waals surface area contributed by atoms with Crippen LogP contribution < -0.4 is 4.72 Å². The van der Waals surface area contributed by atoms with Gasteiger partial charge in [0.2, 0.25) is 0 Å². The van der Waals surface area contributed by atoms with E-state index in [9.17, 15) is 0 Å². The summed E-state index contributed by atoms with van der Waals surface area (Å²) in [6, 6.07) is 0.585. The summed E-state index contributed by atoms with van der Waals surface area (Å²) < 4.78 is 13.7. The molecular weight excluding hydrogens is 237 g/mol. The molecule has 1 aliphatic carbocycles. The molecule has 0 bridgehead atoms. The van der Waals surface area contributed by atoms with Crippen molar-refractivity contribution in [3.63, 3.8) is 0 Å². The highest BCUT2D eigenvalue weighted by atomic mass is 32.9. The van der Waals surface area contributed by atoms with Crippen LogP contribution in [0.1, 0.15) is 32.1 Å². The van der Waals surface area contributed by atoms with Gasteiger partial charge in [0.1, 0.15) is 0 Å². The molecule has 0 aromatic carbocycles. The molecule has 0 radical (unpaired) electrons. The van der Waals surface area contributed by atoms with E-state index >= 15 is 0 Å². The van der Waals surface area contributed by atoms with Crippen molar-refractivity contribution in [2.24, 2.45) is 0 Å². The minimum absolute atomic E-state index is 0.585. The molecule has 1 saturated carbocycles. The van der Waals surface area contributed by atoms with Gasteiger partial charge in [-0.15, -0.1) is 0 Å². The van der Waals surface area contributed by atoms with E-state index in [1.165, 1.54) is 43.7 Å². The summed E-state index contributed by atoms with van der Waals surface area (Å²) in [6.45, 7) is 0. The van der Waals surface area contributed by atoms with Crippen LogP contribution in [-0.4, -0.2) is 20.3 Å². The molecule has 0 atom stereocenters. The molecule has 3 nitrogen and oxygen atoms in total. The van der Waals surface area contributed by atoms with Gasteiger partial charge in [-0.05, 0) is 24.6 Å². The monoisotopic (exact) mass is 255 g/mol. The Bertz CT molecular complexity index is 202. The van der Waals surface area contributed by atoms with Gasteiger partial charge in [0.05, 0.1) is 0 Å². The Balaban J connectivity index is 2.27. The number of hydrogen-bond acceptors (Lipinski definition) is 5. The molecule has 0 aromatic rings. The van der Waals surface area contributed by atoms with E-state index in [2.05, 4.69) is 4.72 Å². The van der Waals surface area contributed by atoms with Crippen molar-refractivity contribution in [2.45, 2.75) is 38.1 Å². The summed E-state index contributed by atoms with van der Waals surface area (Å²) in [4.78, 5) is 0. The molecule has 0 heterocycles. The van der Waals surface area contributed by atoms with Crippen LogP contribution in [0.2, 0.25) is 0 Å². The topological polar surface area (TPSA) is 30.5 Å². The van der Waals surface area contributed by atoms with Gasteiger partial charge < -0.3 is 9.05 Å². The third-order valence-electron chi connectivity index (χ3n) is 2.38. The fourth-order valence-electron chi connectivity index (χ4n) is 1.51. The lowest BCUT2D eigenvalue weighted by Gasteiger charge is -2.25. The molecule has 1 rings (SSSR count). The lowest BCUT2D eigenvalue weighted by molar-refractivity contribution is 0.353. The molecular formula is C8H18NO2PS2. The van der Waals surface area contributed by atoms with Crippen molar-refractivity contribution in [1.82, 2.24) is 4.72 Å². The van der Waals surface area contributed by atoms with Crippen LogP contribution in [0.3, 0.4) is 0 Å². The van der Waals surface area contributed by atoms with E-state index < -0.39 is 5.69 Å². The summed E-state index contributed by atoms with van der Waals surface area (Å²) in [5.41, 5.74) is -2.11. The second-order valence-electron chi connectivity index (χ2n) is 3.36. The van der Waals surface area contributed by atoms with E-state index in [1.807, 2.05) is 0 Å². The van der Waals surface area contributed by atoms with Crippen LogP contribution in [0.15, 0.2) is 0 Å². The van der Waals surface area contributed by atoms with Gasteiger partial charge in [0, 0.05) is 31.8 Å². The Labute approximate surface area is 95.4 Å². The zero-order valence-electron chi connectivity index (χ0n) is 8.69. The molecule has 84 valence electrons. The van der Waals surface area contributed by atoms with Gasteiger partial charge in [-0.3, -0.25) is 4.72 Å². The average molecular weight is 255 g/mol. The molecule has 1 fully saturated rings. The number of hydrogen-bond donors (Lipinski definition) is 1. The minimum Gasteiger partial charge on any atom is -0.324 e. The molecule has 1 aliphatic rings. The first-order chi connectivity index (χ1) is 6.70. The van der Waals surface area contributed by atoms with Crippen molar-refractivity contribution < 1.29 is 9.05 Å². The minimum atomic E-state index is -2.11. The summed E-state index contributed by atoms with van der Waals surface area (Å²) in [5.74, 6) is 0. The van der Waals surface area contributed by atoms with Gasteiger partial charge in [-0.25, -0.2) is 0 Å². The average Bonchev–Trinajstić information content (AvgIpc) is 2.27. The van der Waals surface area contributed by atoms with Crippen LogP contribution in [0.4, 0.5) is 0 Å². The van der Waals surface area contributed by atoms with Crippen molar-refractivity contribution >= 4 is 29.1 Å². The number of rotatable bonds is 5. The molecule has 0 spiro atoms. The second kappa shape index (κ2) is 6.46. The summed E-state index contributed by atoms with van der Waals surface area (Å²) >= 11 is 6.70. The van der Waals surface area contributed by atoms with Crippen LogP contribution in [-0.2, 0) is 20.9 Å². The van der Waals surface area contributed by atoms with Gasteiger partial charge in [-0.1, -0.05) is 19.3 Å². The predicted octanol–water partition coefficient (Wildman–Crippen LogP) is 3.07. The SMILES string of the molecule is COP(=S)(OC)SNC1CCCCC1. The van der Waals surface area contributed by atoms with E-state index in [1.54, 1.807) is 14.2 Å². The lowest BCUT2D eigenvalue weighted by Crippen LogP contribution is -2.25. The molecule has 0 saturated heterocycles. The highest BCUT2D eigenvalue weighted by Crippen LogP contribution is 2.58. The van der Waals surface area contributed by atoms with E-state index in [0.717, 1.165) is 0 Å². The fraction of sp³-hybridized carbons (Fsp3) is 1.00. The lowest BCUT2D eigenvalue weighted by atomic mass is 9.96. The molecule has 1 N–H and O–H groups in total. The molecule has 14 heavy (non-hydrogen) atoms. The third kappa shape index (κ3) is 4.17. The van der Waals surface area contributed by atoms with Gasteiger partial charge in [0.25, 0.3) is 5.69 Å².